The molecule has 0 bridgehead atoms. The normalized spacial score (nSPS) is 14.1. The third-order valence-electron chi connectivity index (χ3n) is 4.83. The molecule has 0 spiro atoms. The first-order chi connectivity index (χ1) is 13.0. The number of nitrogens with zero attached hydrogens (tertiary/aromatic N) is 2. The Labute approximate surface area is 159 Å². The molecule has 27 heavy (non-hydrogen) atoms. The van der Waals surface area contributed by atoms with Gasteiger partial charge in [0.1, 0.15) is 5.69 Å². The summed E-state index contributed by atoms with van der Waals surface area (Å²) in [7, 11) is 0. The molecule has 0 aliphatic carbocycles. The predicted octanol–water partition coefficient (Wildman–Crippen LogP) is 3.45. The maximum atomic E-state index is 12.9. The SMILES string of the molecule is CCOC(=O)c1c(C)[nH]c(C(=O)Nc2cccnc2N2CCCCC2)c1C. The molecule has 144 valence electrons. The first-order valence-electron chi connectivity index (χ1n) is 9.40. The number of ether oxygens (including phenoxy) is 1. The molecule has 3 heterocycles. The van der Waals surface area contributed by atoms with Crippen molar-refractivity contribution in [2.45, 2.75) is 40.0 Å². The monoisotopic (exact) mass is 370 g/mol. The number of aromatic nitrogens is 2. The number of esters is 1. The highest BCUT2D eigenvalue weighted by Gasteiger charge is 2.24. The Morgan fingerprint density at radius 1 is 1.26 bits per heavy atom. The van der Waals surface area contributed by atoms with Crippen LogP contribution in [-0.2, 0) is 4.74 Å². The third kappa shape index (κ3) is 3.97. The van der Waals surface area contributed by atoms with Crippen molar-refractivity contribution in [1.29, 1.82) is 0 Å². The second-order valence-corrected chi connectivity index (χ2v) is 6.72. The quantitative estimate of drug-likeness (QED) is 0.787. The van der Waals surface area contributed by atoms with Crippen LogP contribution in [0.15, 0.2) is 18.3 Å². The van der Waals surface area contributed by atoms with E-state index in [1.54, 1.807) is 33.0 Å². The number of carbonyl (C=O) groups excluding carboxylic acids is 2. The van der Waals surface area contributed by atoms with Gasteiger partial charge >= 0.3 is 5.97 Å². The van der Waals surface area contributed by atoms with E-state index in [0.29, 0.717) is 34.8 Å². The Hall–Kier alpha value is -2.83. The van der Waals surface area contributed by atoms with E-state index < -0.39 is 5.97 Å². The summed E-state index contributed by atoms with van der Waals surface area (Å²) >= 11 is 0. The van der Waals surface area contributed by atoms with Crippen LogP contribution < -0.4 is 10.2 Å². The van der Waals surface area contributed by atoms with Gasteiger partial charge in [-0.05, 0) is 57.7 Å². The fraction of sp³-hybridized carbons (Fsp3) is 0.450. The van der Waals surface area contributed by atoms with Crippen LogP contribution in [0.3, 0.4) is 0 Å². The van der Waals surface area contributed by atoms with Gasteiger partial charge < -0.3 is 19.9 Å². The average molecular weight is 370 g/mol. The van der Waals surface area contributed by atoms with Crippen LogP contribution in [0, 0.1) is 13.8 Å². The molecular formula is C20H26N4O3. The number of aryl methyl sites for hydroxylation is 1. The predicted molar refractivity (Wildman–Crippen MR) is 104 cm³/mol. The topological polar surface area (TPSA) is 87.3 Å². The molecule has 3 rings (SSSR count). The molecule has 1 amide bonds. The fourth-order valence-corrected chi connectivity index (χ4v) is 3.52. The number of anilines is 2. The number of nitrogens with one attached hydrogen (secondary N) is 2. The van der Waals surface area contributed by atoms with Gasteiger partial charge in [0.2, 0.25) is 0 Å². The minimum atomic E-state index is -0.418. The van der Waals surface area contributed by atoms with E-state index in [1.807, 2.05) is 6.07 Å². The van der Waals surface area contributed by atoms with Gasteiger partial charge in [-0.2, -0.15) is 0 Å². The highest BCUT2D eigenvalue weighted by molar-refractivity contribution is 6.07. The zero-order chi connectivity index (χ0) is 19.4. The second kappa shape index (κ2) is 8.24. The molecular weight excluding hydrogens is 344 g/mol. The fourth-order valence-electron chi connectivity index (χ4n) is 3.52. The Kier molecular flexibility index (Phi) is 5.78. The number of aromatic amines is 1. The molecule has 0 atom stereocenters. The first-order valence-corrected chi connectivity index (χ1v) is 9.40. The molecule has 0 aromatic carbocycles. The van der Waals surface area contributed by atoms with Gasteiger partial charge in [-0.1, -0.05) is 0 Å². The van der Waals surface area contributed by atoms with Crippen LogP contribution in [0.2, 0.25) is 0 Å². The zero-order valence-electron chi connectivity index (χ0n) is 16.1. The molecule has 2 aromatic rings. The van der Waals surface area contributed by atoms with Crippen LogP contribution in [-0.4, -0.2) is 41.5 Å². The summed E-state index contributed by atoms with van der Waals surface area (Å²) in [6.45, 7) is 7.44. The van der Waals surface area contributed by atoms with Crippen LogP contribution >= 0.6 is 0 Å². The van der Waals surface area contributed by atoms with Gasteiger partial charge in [0, 0.05) is 25.0 Å². The third-order valence-corrected chi connectivity index (χ3v) is 4.83. The van der Waals surface area contributed by atoms with Crippen LogP contribution in [0.5, 0.6) is 0 Å². The van der Waals surface area contributed by atoms with E-state index >= 15 is 0 Å². The van der Waals surface area contributed by atoms with Crippen molar-refractivity contribution in [3.63, 3.8) is 0 Å². The van der Waals surface area contributed by atoms with Gasteiger partial charge in [-0.15, -0.1) is 0 Å². The van der Waals surface area contributed by atoms with Gasteiger partial charge in [0.15, 0.2) is 5.82 Å². The Morgan fingerprint density at radius 3 is 2.70 bits per heavy atom. The highest BCUT2D eigenvalue weighted by Crippen LogP contribution is 2.27. The number of H-pyrrole nitrogens is 1. The van der Waals surface area contributed by atoms with E-state index in [9.17, 15) is 9.59 Å². The summed E-state index contributed by atoms with van der Waals surface area (Å²) in [5, 5.41) is 2.95. The van der Waals surface area contributed by atoms with Crippen LogP contribution in [0.1, 0.15) is 58.3 Å². The van der Waals surface area contributed by atoms with E-state index in [-0.39, 0.29) is 5.91 Å². The van der Waals surface area contributed by atoms with Crippen LogP contribution in [0.4, 0.5) is 11.5 Å². The number of rotatable bonds is 5. The molecule has 1 fully saturated rings. The maximum Gasteiger partial charge on any atom is 0.340 e. The standard InChI is InChI=1S/C20H26N4O3/c1-4-27-20(26)16-13(2)17(22-14(16)3)19(25)23-15-9-8-10-21-18(15)24-11-6-5-7-12-24/h8-10,22H,4-7,11-12H2,1-3H3,(H,23,25). The lowest BCUT2D eigenvalue weighted by Crippen LogP contribution is -2.31. The van der Waals surface area contributed by atoms with E-state index in [2.05, 4.69) is 20.2 Å². The molecule has 7 nitrogen and oxygen atoms in total. The molecule has 0 unspecified atom stereocenters. The van der Waals surface area contributed by atoms with E-state index in [0.717, 1.165) is 31.7 Å². The molecule has 2 aromatic heterocycles. The minimum Gasteiger partial charge on any atom is -0.462 e. The van der Waals surface area contributed by atoms with Crippen LogP contribution in [0.25, 0.3) is 0 Å². The largest absolute Gasteiger partial charge is 0.462 e. The van der Waals surface area contributed by atoms with E-state index in [4.69, 9.17) is 4.74 Å². The lowest BCUT2D eigenvalue weighted by molar-refractivity contribution is 0.0525. The number of pyridine rings is 1. The summed E-state index contributed by atoms with van der Waals surface area (Å²) in [5.74, 6) is 0.0766. The van der Waals surface area contributed by atoms with Crippen molar-refractivity contribution >= 4 is 23.4 Å². The summed E-state index contributed by atoms with van der Waals surface area (Å²) in [5.41, 5.74) is 2.67. The van der Waals surface area contributed by atoms with Gasteiger partial charge in [-0.3, -0.25) is 4.79 Å². The van der Waals surface area contributed by atoms with E-state index in [1.165, 1.54) is 6.42 Å². The van der Waals surface area contributed by atoms with Crippen molar-refractivity contribution in [2.75, 3.05) is 29.9 Å². The summed E-state index contributed by atoms with van der Waals surface area (Å²) in [4.78, 5) is 34.7. The molecule has 0 saturated carbocycles. The molecule has 1 aliphatic rings. The second-order valence-electron chi connectivity index (χ2n) is 6.72. The first kappa shape index (κ1) is 18.9. The van der Waals surface area contributed by atoms with Crippen molar-refractivity contribution in [1.82, 2.24) is 9.97 Å². The Bertz CT molecular complexity index is 838. The number of carbonyl (C=O) groups is 2. The lowest BCUT2D eigenvalue weighted by atomic mass is 10.1. The van der Waals surface area contributed by atoms with Crippen molar-refractivity contribution in [3.05, 3.63) is 40.8 Å². The van der Waals surface area contributed by atoms with Crippen molar-refractivity contribution in [3.8, 4) is 0 Å². The molecule has 0 radical (unpaired) electrons. The van der Waals surface area contributed by atoms with Crippen molar-refractivity contribution < 1.29 is 14.3 Å². The van der Waals surface area contributed by atoms with Gasteiger partial charge in [0.05, 0.1) is 17.9 Å². The van der Waals surface area contributed by atoms with Gasteiger partial charge in [-0.25, -0.2) is 9.78 Å². The summed E-state index contributed by atoms with van der Waals surface area (Å²) < 4.78 is 5.09. The number of piperidine rings is 1. The molecule has 1 aliphatic heterocycles. The maximum absolute atomic E-state index is 12.9. The van der Waals surface area contributed by atoms with Crippen molar-refractivity contribution in [2.24, 2.45) is 0 Å². The summed E-state index contributed by atoms with van der Waals surface area (Å²) in [6, 6.07) is 3.66. The average Bonchev–Trinajstić information content (AvgIpc) is 2.97. The molecule has 7 heteroatoms. The number of hydrogen-bond acceptors (Lipinski definition) is 5. The zero-order valence-corrected chi connectivity index (χ0v) is 16.1. The Balaban J connectivity index is 1.84. The highest BCUT2D eigenvalue weighted by atomic mass is 16.5. The lowest BCUT2D eigenvalue weighted by Gasteiger charge is -2.29. The smallest absolute Gasteiger partial charge is 0.340 e. The minimum absolute atomic E-state index is 0.291. The number of amides is 1. The molecule has 1 saturated heterocycles. The van der Waals surface area contributed by atoms with Gasteiger partial charge in [0.25, 0.3) is 5.91 Å². The Morgan fingerprint density at radius 2 is 2.00 bits per heavy atom. The number of hydrogen-bond donors (Lipinski definition) is 2. The summed E-state index contributed by atoms with van der Waals surface area (Å²) in [6.07, 6.45) is 5.22. The molecule has 2 N–H and O–H groups in total.